The lowest BCUT2D eigenvalue weighted by molar-refractivity contribution is -0.0191. The molecule has 0 N–H and O–H groups in total. The van der Waals surface area contributed by atoms with Crippen LogP contribution in [0.4, 0.5) is 0 Å². The minimum absolute atomic E-state index is 0.00380. The molecular weight excluding hydrogens is 480 g/mol. The van der Waals surface area contributed by atoms with Crippen LogP contribution in [-0.4, -0.2) is 19.8 Å². The Morgan fingerprint density at radius 3 is 2.23 bits per heavy atom. The van der Waals surface area contributed by atoms with Gasteiger partial charge >= 0.3 is 0 Å². The summed E-state index contributed by atoms with van der Waals surface area (Å²) < 4.78 is 33.1. The normalized spacial score (nSPS) is 24.7. The SMILES string of the molecule is Cc1ccc(S(=O)(=O)OC2(C3CCc4ccccc4C3=O)CCC(c3ccc(Cl)cc3)CC2)cc1. The van der Waals surface area contributed by atoms with E-state index in [1.165, 1.54) is 5.56 Å². The number of Topliss-reactive ketones (excluding diaryl/α,β-unsaturated/α-hetero) is 1. The maximum Gasteiger partial charge on any atom is 0.297 e. The van der Waals surface area contributed by atoms with Crippen LogP contribution >= 0.6 is 11.6 Å². The molecule has 0 aliphatic heterocycles. The Morgan fingerprint density at radius 1 is 0.886 bits per heavy atom. The van der Waals surface area contributed by atoms with Crippen LogP contribution in [0.5, 0.6) is 0 Å². The molecular formula is C29H29ClO4S. The zero-order chi connectivity index (χ0) is 24.6. The van der Waals surface area contributed by atoms with Gasteiger partial charge in [-0.05, 0) is 86.8 Å². The van der Waals surface area contributed by atoms with E-state index in [2.05, 4.69) is 0 Å². The lowest BCUT2D eigenvalue weighted by atomic mass is 9.65. The molecule has 1 atom stereocenters. The fourth-order valence-corrected chi connectivity index (χ4v) is 7.15. The van der Waals surface area contributed by atoms with Crippen molar-refractivity contribution in [1.82, 2.24) is 0 Å². The average Bonchev–Trinajstić information content (AvgIpc) is 2.85. The van der Waals surface area contributed by atoms with Crippen molar-refractivity contribution in [3.8, 4) is 0 Å². The highest BCUT2D eigenvalue weighted by Gasteiger charge is 2.50. The first-order valence-corrected chi connectivity index (χ1v) is 14.0. The molecule has 0 heterocycles. The standard InChI is InChI=1S/C29H29ClO4S/c1-20-6-13-25(14-7-20)35(32,33)34-29(27-15-10-23-4-2-3-5-26(23)28(27)31)18-16-22(17-19-29)21-8-11-24(30)12-9-21/h2-9,11-14,22,27H,10,15-19H2,1H3. The first-order chi connectivity index (χ1) is 16.8. The number of carbonyl (C=O) groups is 1. The second kappa shape index (κ2) is 9.53. The van der Waals surface area contributed by atoms with Crippen molar-refractivity contribution in [3.05, 3.63) is 100 Å². The molecule has 0 amide bonds. The van der Waals surface area contributed by atoms with Crippen molar-refractivity contribution in [2.45, 2.75) is 61.9 Å². The first kappa shape index (κ1) is 24.2. The van der Waals surface area contributed by atoms with Gasteiger partial charge in [0.15, 0.2) is 5.78 Å². The minimum Gasteiger partial charge on any atom is -0.294 e. The van der Waals surface area contributed by atoms with Crippen molar-refractivity contribution in [2.75, 3.05) is 0 Å². The van der Waals surface area contributed by atoms with E-state index in [1.807, 2.05) is 55.5 Å². The van der Waals surface area contributed by atoms with Crippen molar-refractivity contribution in [1.29, 1.82) is 0 Å². The van der Waals surface area contributed by atoms with Gasteiger partial charge in [-0.15, -0.1) is 0 Å². The van der Waals surface area contributed by atoms with Gasteiger partial charge in [0.05, 0.1) is 16.4 Å². The van der Waals surface area contributed by atoms with E-state index in [0.29, 0.717) is 29.8 Å². The molecule has 4 nitrogen and oxygen atoms in total. The molecule has 3 aromatic carbocycles. The summed E-state index contributed by atoms with van der Waals surface area (Å²) >= 11 is 6.07. The number of hydrogen-bond acceptors (Lipinski definition) is 4. The molecule has 182 valence electrons. The summed E-state index contributed by atoms with van der Waals surface area (Å²) in [6, 6.07) is 22.2. The first-order valence-electron chi connectivity index (χ1n) is 12.2. The highest BCUT2D eigenvalue weighted by molar-refractivity contribution is 7.86. The summed E-state index contributed by atoms with van der Waals surface area (Å²) in [5.74, 6) is -0.225. The van der Waals surface area contributed by atoms with Gasteiger partial charge in [-0.2, -0.15) is 8.42 Å². The van der Waals surface area contributed by atoms with Gasteiger partial charge in [-0.3, -0.25) is 8.98 Å². The van der Waals surface area contributed by atoms with E-state index < -0.39 is 21.6 Å². The molecule has 0 spiro atoms. The van der Waals surface area contributed by atoms with E-state index in [4.69, 9.17) is 15.8 Å². The maximum absolute atomic E-state index is 13.7. The molecule has 0 bridgehead atoms. The number of ketones is 1. The number of aryl methyl sites for hydroxylation is 2. The molecule has 3 aromatic rings. The predicted molar refractivity (Wildman–Crippen MR) is 137 cm³/mol. The van der Waals surface area contributed by atoms with Gasteiger partial charge in [-0.25, -0.2) is 0 Å². The van der Waals surface area contributed by atoms with Gasteiger partial charge in [0, 0.05) is 10.6 Å². The zero-order valence-electron chi connectivity index (χ0n) is 19.7. The molecule has 0 aromatic heterocycles. The van der Waals surface area contributed by atoms with Crippen LogP contribution in [0, 0.1) is 12.8 Å². The van der Waals surface area contributed by atoms with E-state index in [-0.39, 0.29) is 16.6 Å². The third kappa shape index (κ3) is 4.82. The topological polar surface area (TPSA) is 60.4 Å². The minimum atomic E-state index is -4.04. The summed E-state index contributed by atoms with van der Waals surface area (Å²) in [4.78, 5) is 13.8. The van der Waals surface area contributed by atoms with Crippen molar-refractivity contribution in [3.63, 3.8) is 0 Å². The van der Waals surface area contributed by atoms with Crippen LogP contribution in [0.25, 0.3) is 0 Å². The molecule has 2 aliphatic carbocycles. The van der Waals surface area contributed by atoms with E-state index in [1.54, 1.807) is 24.3 Å². The number of benzene rings is 3. The zero-order valence-corrected chi connectivity index (χ0v) is 21.3. The summed E-state index contributed by atoms with van der Waals surface area (Å²) in [6.07, 6.45) is 3.83. The molecule has 2 aliphatic rings. The number of fused-ring (bicyclic) bond motifs is 1. The summed E-state index contributed by atoms with van der Waals surface area (Å²) in [7, 11) is -4.04. The highest BCUT2D eigenvalue weighted by atomic mass is 35.5. The average molecular weight is 509 g/mol. The number of rotatable bonds is 5. The Bertz CT molecular complexity index is 1320. The Hall–Kier alpha value is -2.47. The Balaban J connectivity index is 1.48. The van der Waals surface area contributed by atoms with Gasteiger partial charge < -0.3 is 0 Å². The fourth-order valence-electron chi connectivity index (χ4n) is 5.74. The van der Waals surface area contributed by atoms with Gasteiger partial charge in [0.25, 0.3) is 10.1 Å². The predicted octanol–water partition coefficient (Wildman–Crippen LogP) is 6.90. The van der Waals surface area contributed by atoms with Crippen LogP contribution in [0.1, 0.15) is 65.1 Å². The van der Waals surface area contributed by atoms with Gasteiger partial charge in [-0.1, -0.05) is 65.7 Å². The molecule has 5 rings (SSSR count). The largest absolute Gasteiger partial charge is 0.297 e. The Kier molecular flexibility index (Phi) is 6.60. The van der Waals surface area contributed by atoms with E-state index in [0.717, 1.165) is 30.4 Å². The van der Waals surface area contributed by atoms with E-state index in [9.17, 15) is 13.2 Å². The smallest absolute Gasteiger partial charge is 0.294 e. The Morgan fingerprint density at radius 2 is 1.54 bits per heavy atom. The van der Waals surface area contributed by atoms with Crippen molar-refractivity contribution < 1.29 is 17.4 Å². The summed E-state index contributed by atoms with van der Waals surface area (Å²) in [5, 5.41) is 0.692. The quantitative estimate of drug-likeness (QED) is 0.352. The summed E-state index contributed by atoms with van der Waals surface area (Å²) in [5.41, 5.74) is 2.82. The molecule has 0 saturated heterocycles. The molecule has 1 saturated carbocycles. The van der Waals surface area contributed by atoms with Crippen LogP contribution < -0.4 is 0 Å². The van der Waals surface area contributed by atoms with Crippen LogP contribution in [0.2, 0.25) is 5.02 Å². The van der Waals surface area contributed by atoms with Crippen molar-refractivity contribution in [2.24, 2.45) is 5.92 Å². The summed E-state index contributed by atoms with van der Waals surface area (Å²) in [6.45, 7) is 1.91. The van der Waals surface area contributed by atoms with Crippen molar-refractivity contribution >= 4 is 27.5 Å². The highest BCUT2D eigenvalue weighted by Crippen LogP contribution is 2.48. The molecule has 6 heteroatoms. The van der Waals surface area contributed by atoms with Gasteiger partial charge in [0.2, 0.25) is 0 Å². The lowest BCUT2D eigenvalue weighted by Crippen LogP contribution is -2.50. The third-order valence-corrected chi connectivity index (χ3v) is 9.35. The number of hydrogen-bond donors (Lipinski definition) is 0. The third-order valence-electron chi connectivity index (χ3n) is 7.70. The van der Waals surface area contributed by atoms with E-state index >= 15 is 0 Å². The van der Waals surface area contributed by atoms with Crippen LogP contribution in [0.15, 0.2) is 77.7 Å². The molecule has 35 heavy (non-hydrogen) atoms. The number of carbonyl (C=O) groups excluding carboxylic acids is 1. The lowest BCUT2D eigenvalue weighted by Gasteiger charge is -2.45. The number of halogens is 1. The van der Waals surface area contributed by atoms with Crippen LogP contribution in [0.3, 0.4) is 0 Å². The van der Waals surface area contributed by atoms with Gasteiger partial charge in [0.1, 0.15) is 0 Å². The fraction of sp³-hybridized carbons (Fsp3) is 0.345. The molecule has 0 radical (unpaired) electrons. The second-order valence-electron chi connectivity index (χ2n) is 9.85. The van der Waals surface area contributed by atoms with Crippen LogP contribution in [-0.2, 0) is 20.7 Å². The molecule has 1 fully saturated rings. The monoisotopic (exact) mass is 508 g/mol. The Labute approximate surface area is 212 Å². The molecule has 1 unspecified atom stereocenters. The second-order valence-corrected chi connectivity index (χ2v) is 11.8. The maximum atomic E-state index is 13.7.